The van der Waals surface area contributed by atoms with Gasteiger partial charge in [0.2, 0.25) is 0 Å². The number of nitro benzene ring substituents is 1. The predicted molar refractivity (Wildman–Crippen MR) is 87.4 cm³/mol. The van der Waals surface area contributed by atoms with E-state index in [1.54, 1.807) is 19.2 Å². The molecule has 0 bridgehead atoms. The Kier molecular flexibility index (Phi) is 4.47. The van der Waals surface area contributed by atoms with Crippen molar-refractivity contribution in [2.75, 3.05) is 33.4 Å². The van der Waals surface area contributed by atoms with E-state index in [0.717, 1.165) is 45.1 Å². The van der Waals surface area contributed by atoms with Crippen LogP contribution in [0.4, 0.5) is 5.69 Å². The topological polar surface area (TPSA) is 80.0 Å². The van der Waals surface area contributed by atoms with Gasteiger partial charge in [-0.15, -0.1) is 0 Å². The first-order chi connectivity index (χ1) is 11.1. The summed E-state index contributed by atoms with van der Waals surface area (Å²) in [7, 11) is 1.75. The van der Waals surface area contributed by atoms with Gasteiger partial charge in [-0.05, 0) is 12.8 Å². The van der Waals surface area contributed by atoms with Gasteiger partial charge in [0, 0.05) is 50.3 Å². The molecule has 7 heteroatoms. The van der Waals surface area contributed by atoms with Crippen LogP contribution in [0.15, 0.2) is 29.3 Å². The van der Waals surface area contributed by atoms with Gasteiger partial charge in [0.25, 0.3) is 5.69 Å². The van der Waals surface area contributed by atoms with Gasteiger partial charge >= 0.3 is 0 Å². The molecule has 1 atom stereocenters. The number of guanidine groups is 1. The molecular formula is C16H22N4O3. The van der Waals surface area contributed by atoms with E-state index >= 15 is 0 Å². The molecule has 124 valence electrons. The van der Waals surface area contributed by atoms with Gasteiger partial charge in [-0.1, -0.05) is 18.2 Å². The van der Waals surface area contributed by atoms with Crippen molar-refractivity contribution < 1.29 is 9.66 Å². The average molecular weight is 318 g/mol. The average Bonchev–Trinajstić information content (AvgIpc) is 3.19. The van der Waals surface area contributed by atoms with Crippen molar-refractivity contribution in [2.24, 2.45) is 10.4 Å². The number of rotatable bonds is 3. The maximum atomic E-state index is 11.1. The number of hydrogen-bond acceptors (Lipinski definition) is 4. The second-order valence-corrected chi connectivity index (χ2v) is 6.26. The molecule has 2 aliphatic rings. The molecule has 2 fully saturated rings. The fourth-order valence-corrected chi connectivity index (χ4v) is 3.43. The highest BCUT2D eigenvalue weighted by atomic mass is 16.6. The van der Waals surface area contributed by atoms with Gasteiger partial charge in [0.1, 0.15) is 0 Å². The summed E-state index contributed by atoms with van der Waals surface area (Å²) >= 11 is 0. The summed E-state index contributed by atoms with van der Waals surface area (Å²) in [5.74, 6) is 0.798. The number of ether oxygens (including phenoxy) is 1. The summed E-state index contributed by atoms with van der Waals surface area (Å²) in [5, 5.41) is 14.3. The molecule has 0 amide bonds. The summed E-state index contributed by atoms with van der Waals surface area (Å²) in [6.07, 6.45) is 2.21. The van der Waals surface area contributed by atoms with Crippen LogP contribution in [0.2, 0.25) is 0 Å². The highest BCUT2D eigenvalue weighted by Gasteiger charge is 2.42. The molecule has 1 aromatic carbocycles. The van der Waals surface area contributed by atoms with E-state index in [0.29, 0.717) is 12.1 Å². The van der Waals surface area contributed by atoms with Gasteiger partial charge in [-0.25, -0.2) is 0 Å². The van der Waals surface area contributed by atoms with Crippen molar-refractivity contribution >= 4 is 11.6 Å². The molecule has 0 radical (unpaired) electrons. The van der Waals surface area contributed by atoms with Crippen molar-refractivity contribution in [1.82, 2.24) is 10.2 Å². The maximum Gasteiger partial charge on any atom is 0.274 e. The largest absolute Gasteiger partial charge is 0.381 e. The van der Waals surface area contributed by atoms with E-state index in [-0.39, 0.29) is 16.0 Å². The monoisotopic (exact) mass is 318 g/mol. The van der Waals surface area contributed by atoms with Crippen LogP contribution in [0.5, 0.6) is 0 Å². The van der Waals surface area contributed by atoms with Gasteiger partial charge in [-0.2, -0.15) is 0 Å². The van der Waals surface area contributed by atoms with Crippen LogP contribution in [-0.2, 0) is 11.3 Å². The van der Waals surface area contributed by atoms with Crippen LogP contribution in [0, 0.1) is 15.5 Å². The summed E-state index contributed by atoms with van der Waals surface area (Å²) in [4.78, 5) is 17.3. The molecule has 23 heavy (non-hydrogen) atoms. The second kappa shape index (κ2) is 6.54. The highest BCUT2D eigenvalue weighted by molar-refractivity contribution is 5.80. The molecular weight excluding hydrogens is 296 g/mol. The molecule has 1 N–H and O–H groups in total. The van der Waals surface area contributed by atoms with E-state index in [1.807, 2.05) is 6.07 Å². The van der Waals surface area contributed by atoms with Gasteiger partial charge in [-0.3, -0.25) is 15.1 Å². The third-order valence-electron chi connectivity index (χ3n) is 4.76. The lowest BCUT2D eigenvalue weighted by Crippen LogP contribution is -2.41. The van der Waals surface area contributed by atoms with Crippen molar-refractivity contribution in [3.8, 4) is 0 Å². The fraction of sp³-hybridized carbons (Fsp3) is 0.562. The Bertz CT molecular complexity index is 611. The minimum absolute atomic E-state index is 0.137. The van der Waals surface area contributed by atoms with Crippen LogP contribution in [0.3, 0.4) is 0 Å². The highest BCUT2D eigenvalue weighted by Crippen LogP contribution is 2.38. The molecule has 2 heterocycles. The summed E-state index contributed by atoms with van der Waals surface area (Å²) in [6.45, 7) is 3.94. The molecule has 0 saturated carbocycles. The fourth-order valence-electron chi connectivity index (χ4n) is 3.43. The minimum Gasteiger partial charge on any atom is -0.381 e. The van der Waals surface area contributed by atoms with Crippen molar-refractivity contribution in [3.05, 3.63) is 39.9 Å². The Morgan fingerprint density at radius 3 is 3.00 bits per heavy atom. The molecule has 0 aromatic heterocycles. The summed E-state index contributed by atoms with van der Waals surface area (Å²) in [6, 6.07) is 6.80. The summed E-state index contributed by atoms with van der Waals surface area (Å²) in [5.41, 5.74) is 1.06. The lowest BCUT2D eigenvalue weighted by atomic mass is 9.87. The van der Waals surface area contributed by atoms with E-state index in [4.69, 9.17) is 4.74 Å². The zero-order valence-corrected chi connectivity index (χ0v) is 13.3. The number of para-hydroxylation sites is 1. The first kappa shape index (κ1) is 15.7. The predicted octanol–water partition coefficient (Wildman–Crippen LogP) is 1.78. The molecule has 1 unspecified atom stereocenters. The lowest BCUT2D eigenvalue weighted by Gasteiger charge is -2.24. The van der Waals surface area contributed by atoms with Gasteiger partial charge in [0.05, 0.1) is 11.5 Å². The zero-order chi connectivity index (χ0) is 16.3. The number of hydrogen-bond donors (Lipinski definition) is 1. The van der Waals surface area contributed by atoms with Crippen LogP contribution in [-0.4, -0.2) is 49.1 Å². The molecule has 7 nitrogen and oxygen atoms in total. The van der Waals surface area contributed by atoms with E-state index in [1.165, 1.54) is 6.07 Å². The first-order valence-electron chi connectivity index (χ1n) is 7.89. The van der Waals surface area contributed by atoms with Gasteiger partial charge in [0.15, 0.2) is 5.96 Å². The Balaban J connectivity index is 1.64. The lowest BCUT2D eigenvalue weighted by molar-refractivity contribution is -0.385. The van der Waals surface area contributed by atoms with Crippen LogP contribution >= 0.6 is 0 Å². The quantitative estimate of drug-likeness (QED) is 0.398. The maximum absolute atomic E-state index is 11.1. The Hall–Kier alpha value is -2.15. The smallest absolute Gasteiger partial charge is 0.274 e. The Labute approximate surface area is 135 Å². The Morgan fingerprint density at radius 2 is 2.30 bits per heavy atom. The Morgan fingerprint density at radius 1 is 1.48 bits per heavy atom. The number of nitrogens with one attached hydrogen (secondary N) is 1. The molecule has 1 aromatic rings. The SMILES string of the molecule is CN=C(NCc1ccccc1[N+](=O)[O-])N1CCC2(CCOC2)C1. The van der Waals surface area contributed by atoms with Crippen molar-refractivity contribution in [2.45, 2.75) is 19.4 Å². The molecule has 2 saturated heterocycles. The third-order valence-corrected chi connectivity index (χ3v) is 4.76. The number of benzene rings is 1. The van der Waals surface area contributed by atoms with Crippen LogP contribution in [0.25, 0.3) is 0 Å². The number of nitrogens with zero attached hydrogens (tertiary/aromatic N) is 3. The van der Waals surface area contributed by atoms with Gasteiger partial charge < -0.3 is 15.0 Å². The van der Waals surface area contributed by atoms with Crippen LogP contribution in [0.1, 0.15) is 18.4 Å². The third kappa shape index (κ3) is 3.29. The van der Waals surface area contributed by atoms with E-state index in [2.05, 4.69) is 15.2 Å². The molecule has 0 aliphatic carbocycles. The molecule has 1 spiro atoms. The van der Waals surface area contributed by atoms with Crippen molar-refractivity contribution in [3.63, 3.8) is 0 Å². The van der Waals surface area contributed by atoms with Crippen molar-refractivity contribution in [1.29, 1.82) is 0 Å². The summed E-state index contributed by atoms with van der Waals surface area (Å²) < 4.78 is 5.55. The normalized spacial score (nSPS) is 24.4. The molecule has 3 rings (SSSR count). The number of aliphatic imine (C=N–C) groups is 1. The second-order valence-electron chi connectivity index (χ2n) is 6.26. The molecule has 2 aliphatic heterocycles. The van der Waals surface area contributed by atoms with Crippen LogP contribution < -0.4 is 5.32 Å². The van der Waals surface area contributed by atoms with E-state index < -0.39 is 0 Å². The zero-order valence-electron chi connectivity index (χ0n) is 13.3. The van der Waals surface area contributed by atoms with E-state index in [9.17, 15) is 10.1 Å². The standard InChI is InChI=1S/C16H22N4O3/c1-17-15(19-8-6-16(11-19)7-9-23-12-16)18-10-13-4-2-3-5-14(13)20(21)22/h2-5H,6-12H2,1H3,(H,17,18). The first-order valence-corrected chi connectivity index (χ1v) is 7.89. The number of nitro groups is 1. The number of likely N-dealkylation sites (tertiary alicyclic amines) is 1. The minimum atomic E-state index is -0.347.